The topological polar surface area (TPSA) is 76.3 Å². The van der Waals surface area contributed by atoms with Crippen LogP contribution in [0.2, 0.25) is 0 Å². The molecule has 160 valence electrons. The molecule has 3 aromatic rings. The van der Waals surface area contributed by atoms with Gasteiger partial charge in [-0.05, 0) is 55.3 Å². The van der Waals surface area contributed by atoms with Gasteiger partial charge in [0, 0.05) is 30.0 Å². The molecule has 5 nitrogen and oxygen atoms in total. The van der Waals surface area contributed by atoms with Crippen LogP contribution in [-0.2, 0) is 11.2 Å². The van der Waals surface area contributed by atoms with Gasteiger partial charge in [0.05, 0.1) is 23.2 Å². The summed E-state index contributed by atoms with van der Waals surface area (Å²) in [6.45, 7) is 0.743. The van der Waals surface area contributed by atoms with E-state index in [1.54, 1.807) is 4.90 Å². The number of carbonyl (C=O) groups is 2. The fraction of sp³-hybridized carbons (Fsp3) is 0.261. The third-order valence-electron chi connectivity index (χ3n) is 5.58. The van der Waals surface area contributed by atoms with Crippen molar-refractivity contribution in [2.75, 3.05) is 13.1 Å². The molecule has 1 fully saturated rings. The molecule has 1 aliphatic heterocycles. The van der Waals surface area contributed by atoms with Gasteiger partial charge in [0.2, 0.25) is 5.91 Å². The van der Waals surface area contributed by atoms with Crippen molar-refractivity contribution in [2.45, 2.75) is 25.2 Å². The van der Waals surface area contributed by atoms with Gasteiger partial charge in [0.1, 0.15) is 17.5 Å². The minimum absolute atomic E-state index is 0.00388. The van der Waals surface area contributed by atoms with Gasteiger partial charge in [0.15, 0.2) is 0 Å². The zero-order chi connectivity index (χ0) is 22.1. The summed E-state index contributed by atoms with van der Waals surface area (Å²) in [6, 6.07) is 8.63. The Morgan fingerprint density at radius 2 is 1.81 bits per heavy atom. The molecule has 0 spiro atoms. The summed E-state index contributed by atoms with van der Waals surface area (Å²) >= 11 is 0. The van der Waals surface area contributed by atoms with Crippen molar-refractivity contribution < 1.29 is 22.8 Å². The van der Waals surface area contributed by atoms with Crippen molar-refractivity contribution in [1.29, 1.82) is 0 Å². The van der Waals surface area contributed by atoms with Gasteiger partial charge >= 0.3 is 0 Å². The maximum absolute atomic E-state index is 13.9. The van der Waals surface area contributed by atoms with E-state index in [0.717, 1.165) is 18.2 Å². The highest BCUT2D eigenvalue weighted by Gasteiger charge is 2.29. The Labute approximate surface area is 176 Å². The number of halogens is 3. The summed E-state index contributed by atoms with van der Waals surface area (Å²) in [4.78, 5) is 30.9. The fourth-order valence-electron chi connectivity index (χ4n) is 4.05. The van der Waals surface area contributed by atoms with Crippen LogP contribution in [0.1, 0.15) is 40.4 Å². The molecule has 0 radical (unpaired) electrons. The van der Waals surface area contributed by atoms with Crippen LogP contribution in [0.3, 0.4) is 0 Å². The lowest BCUT2D eigenvalue weighted by atomic mass is 9.90. The number of primary amides is 1. The number of aromatic nitrogens is 1. The quantitative estimate of drug-likeness (QED) is 0.690. The lowest BCUT2D eigenvalue weighted by molar-refractivity contribution is -0.131. The van der Waals surface area contributed by atoms with Gasteiger partial charge in [-0.15, -0.1) is 0 Å². The molecule has 4 rings (SSSR count). The first-order chi connectivity index (χ1) is 14.8. The van der Waals surface area contributed by atoms with Gasteiger partial charge in [-0.1, -0.05) is 0 Å². The summed E-state index contributed by atoms with van der Waals surface area (Å²) in [6.07, 6.45) is 1.07. The molecule has 1 aliphatic rings. The molecule has 1 aromatic heterocycles. The van der Waals surface area contributed by atoms with Crippen molar-refractivity contribution in [1.82, 2.24) is 9.88 Å². The standard InChI is InChI=1S/C23H20F3N3O2/c24-16-3-5-19(26)14(8-16)11-21(30)29-7-1-2-13(12-29)22-18(23(27)31)10-15-9-17(25)4-6-20(15)28-22/h3-6,8-10,13H,1-2,7,11-12H2,(H2,27,31). The van der Waals surface area contributed by atoms with Crippen LogP contribution in [0, 0.1) is 17.5 Å². The van der Waals surface area contributed by atoms with E-state index < -0.39 is 23.4 Å². The predicted molar refractivity (Wildman–Crippen MR) is 109 cm³/mol. The zero-order valence-electron chi connectivity index (χ0n) is 16.6. The van der Waals surface area contributed by atoms with Gasteiger partial charge in [0.25, 0.3) is 5.91 Å². The van der Waals surface area contributed by atoms with Gasteiger partial charge in [-0.2, -0.15) is 0 Å². The summed E-state index contributed by atoms with van der Waals surface area (Å²) in [5, 5.41) is 0.461. The smallest absolute Gasteiger partial charge is 0.250 e. The number of pyridine rings is 1. The third-order valence-corrected chi connectivity index (χ3v) is 5.58. The second-order valence-electron chi connectivity index (χ2n) is 7.71. The number of rotatable bonds is 4. The molecule has 1 atom stereocenters. The number of nitrogens with zero attached hydrogens (tertiary/aromatic N) is 2. The highest BCUT2D eigenvalue weighted by atomic mass is 19.1. The van der Waals surface area contributed by atoms with E-state index in [-0.39, 0.29) is 35.9 Å². The summed E-state index contributed by atoms with van der Waals surface area (Å²) in [5.41, 5.74) is 6.71. The molecule has 1 unspecified atom stereocenters. The third kappa shape index (κ3) is 4.38. The summed E-state index contributed by atoms with van der Waals surface area (Å²) in [5.74, 6) is -2.97. The molecule has 0 aliphatic carbocycles. The van der Waals surface area contributed by atoms with E-state index in [9.17, 15) is 22.8 Å². The van der Waals surface area contributed by atoms with E-state index in [4.69, 9.17) is 5.73 Å². The minimum Gasteiger partial charge on any atom is -0.366 e. The van der Waals surface area contributed by atoms with Crippen LogP contribution in [0.25, 0.3) is 10.9 Å². The molecule has 0 bridgehead atoms. The number of likely N-dealkylation sites (tertiary alicyclic amines) is 1. The Hall–Kier alpha value is -3.42. The maximum Gasteiger partial charge on any atom is 0.250 e. The summed E-state index contributed by atoms with van der Waals surface area (Å²) < 4.78 is 40.9. The molecule has 2 heterocycles. The number of hydrogen-bond donors (Lipinski definition) is 1. The van der Waals surface area contributed by atoms with Crippen LogP contribution < -0.4 is 5.73 Å². The van der Waals surface area contributed by atoms with Crippen LogP contribution in [0.5, 0.6) is 0 Å². The average Bonchev–Trinajstić information content (AvgIpc) is 2.75. The number of carbonyl (C=O) groups excluding carboxylic acids is 2. The number of fused-ring (bicyclic) bond motifs is 1. The van der Waals surface area contributed by atoms with Crippen molar-refractivity contribution in [3.05, 3.63) is 76.7 Å². The Kier molecular flexibility index (Phi) is 5.63. The molecule has 2 aromatic carbocycles. The van der Waals surface area contributed by atoms with Gasteiger partial charge in [-0.25, -0.2) is 13.2 Å². The Bertz CT molecular complexity index is 1180. The van der Waals surface area contributed by atoms with E-state index in [1.165, 1.54) is 24.3 Å². The van der Waals surface area contributed by atoms with Crippen molar-refractivity contribution in [3.8, 4) is 0 Å². The van der Waals surface area contributed by atoms with Crippen molar-refractivity contribution in [2.24, 2.45) is 5.73 Å². The first kappa shape index (κ1) is 20.8. The van der Waals surface area contributed by atoms with Crippen LogP contribution in [0.4, 0.5) is 13.2 Å². The van der Waals surface area contributed by atoms with Gasteiger partial charge < -0.3 is 10.6 Å². The minimum atomic E-state index is -0.682. The first-order valence-electron chi connectivity index (χ1n) is 9.93. The lowest BCUT2D eigenvalue weighted by Gasteiger charge is -2.33. The number of benzene rings is 2. The van der Waals surface area contributed by atoms with Crippen LogP contribution >= 0.6 is 0 Å². The molecule has 0 saturated carbocycles. The second-order valence-corrected chi connectivity index (χ2v) is 7.71. The number of amides is 2. The fourth-order valence-corrected chi connectivity index (χ4v) is 4.05. The molecule has 31 heavy (non-hydrogen) atoms. The lowest BCUT2D eigenvalue weighted by Crippen LogP contribution is -2.40. The van der Waals surface area contributed by atoms with Crippen molar-refractivity contribution >= 4 is 22.7 Å². The molecule has 2 amide bonds. The second kappa shape index (κ2) is 8.37. The molecule has 1 saturated heterocycles. The van der Waals surface area contributed by atoms with Gasteiger partial charge in [-0.3, -0.25) is 14.6 Å². The van der Waals surface area contributed by atoms with Crippen LogP contribution in [-0.4, -0.2) is 34.8 Å². The van der Waals surface area contributed by atoms with Crippen LogP contribution in [0.15, 0.2) is 42.5 Å². The normalized spacial score (nSPS) is 16.5. The Balaban J connectivity index is 1.60. The summed E-state index contributed by atoms with van der Waals surface area (Å²) in [7, 11) is 0. The van der Waals surface area contributed by atoms with Crippen molar-refractivity contribution in [3.63, 3.8) is 0 Å². The highest BCUT2D eigenvalue weighted by Crippen LogP contribution is 2.30. The predicted octanol–water partition coefficient (Wildman–Crippen LogP) is 3.70. The van der Waals surface area contributed by atoms with E-state index in [2.05, 4.69) is 4.98 Å². The Morgan fingerprint density at radius 1 is 1.06 bits per heavy atom. The monoisotopic (exact) mass is 427 g/mol. The molecule has 8 heteroatoms. The Morgan fingerprint density at radius 3 is 2.58 bits per heavy atom. The molecular weight excluding hydrogens is 407 g/mol. The SMILES string of the molecule is NC(=O)c1cc2cc(F)ccc2nc1C1CCCN(C(=O)Cc2cc(F)ccc2F)C1. The number of nitrogens with two attached hydrogens (primary N) is 1. The average molecular weight is 427 g/mol. The van der Waals surface area contributed by atoms with E-state index >= 15 is 0 Å². The zero-order valence-corrected chi connectivity index (χ0v) is 16.6. The number of piperidine rings is 1. The van der Waals surface area contributed by atoms with E-state index in [1.807, 2.05) is 0 Å². The maximum atomic E-state index is 13.9. The molecular formula is C23H20F3N3O2. The number of hydrogen-bond acceptors (Lipinski definition) is 3. The highest BCUT2D eigenvalue weighted by molar-refractivity contribution is 5.98. The largest absolute Gasteiger partial charge is 0.366 e. The van der Waals surface area contributed by atoms with E-state index in [0.29, 0.717) is 36.0 Å². The molecule has 2 N–H and O–H groups in total. The first-order valence-corrected chi connectivity index (χ1v) is 9.93.